The van der Waals surface area contributed by atoms with E-state index in [0.717, 1.165) is 12.0 Å². The minimum absolute atomic E-state index is 0.0140. The Kier molecular flexibility index (Phi) is 3.68. The van der Waals surface area contributed by atoms with E-state index in [1.807, 2.05) is 30.3 Å². The van der Waals surface area contributed by atoms with Gasteiger partial charge in [0.25, 0.3) is 0 Å². The molecule has 0 bridgehead atoms. The van der Waals surface area contributed by atoms with Gasteiger partial charge in [0.1, 0.15) is 6.61 Å². The van der Waals surface area contributed by atoms with Gasteiger partial charge in [-0.25, -0.2) is 0 Å². The molecule has 1 unspecified atom stereocenters. The Morgan fingerprint density at radius 1 is 1.26 bits per heavy atom. The fraction of sp³-hybridized carbons (Fsp3) is 0.562. The Balaban J connectivity index is 1.97. The van der Waals surface area contributed by atoms with Gasteiger partial charge < -0.3 is 10.1 Å². The Bertz CT molecular complexity index is 451. The highest BCUT2D eigenvalue weighted by Crippen LogP contribution is 2.36. The molecule has 0 amide bonds. The summed E-state index contributed by atoms with van der Waals surface area (Å²) in [4.78, 5) is 12.3. The van der Waals surface area contributed by atoms with Crippen molar-refractivity contribution in [3.8, 4) is 0 Å². The molecule has 3 heteroatoms. The van der Waals surface area contributed by atoms with E-state index >= 15 is 0 Å². The summed E-state index contributed by atoms with van der Waals surface area (Å²) in [6, 6.07) is 9.79. The molecule has 1 aromatic carbocycles. The van der Waals surface area contributed by atoms with Crippen molar-refractivity contribution in [1.82, 2.24) is 5.32 Å². The number of rotatable bonds is 3. The lowest BCUT2D eigenvalue weighted by atomic mass is 9.87. The van der Waals surface area contributed by atoms with Gasteiger partial charge in [0, 0.05) is 11.1 Å². The molecule has 19 heavy (non-hydrogen) atoms. The number of benzene rings is 1. The standard InChI is InChI=1S/C16H23NO2/c1-15(2)10-13(16(3,4)17-15)14(18)19-11-12-8-6-5-7-9-12/h5-9,13,17H,10-11H2,1-4H3. The van der Waals surface area contributed by atoms with Gasteiger partial charge in [-0.15, -0.1) is 0 Å². The first-order chi connectivity index (χ1) is 8.80. The molecule has 1 aromatic rings. The number of carbonyl (C=O) groups is 1. The van der Waals surface area contributed by atoms with Crippen molar-refractivity contribution in [3.05, 3.63) is 35.9 Å². The van der Waals surface area contributed by atoms with Crippen LogP contribution in [0, 0.1) is 5.92 Å². The molecule has 0 aliphatic carbocycles. The molecule has 1 heterocycles. The molecule has 0 radical (unpaired) electrons. The third kappa shape index (κ3) is 3.35. The smallest absolute Gasteiger partial charge is 0.311 e. The van der Waals surface area contributed by atoms with Crippen LogP contribution in [-0.2, 0) is 16.1 Å². The van der Waals surface area contributed by atoms with Crippen molar-refractivity contribution in [3.63, 3.8) is 0 Å². The van der Waals surface area contributed by atoms with Gasteiger partial charge in [0.15, 0.2) is 0 Å². The van der Waals surface area contributed by atoms with Crippen molar-refractivity contribution >= 4 is 5.97 Å². The summed E-state index contributed by atoms with van der Waals surface area (Å²) in [5, 5.41) is 3.50. The molecule has 0 saturated carbocycles. The third-order valence-electron chi connectivity index (χ3n) is 3.75. The zero-order chi connectivity index (χ0) is 14.1. The van der Waals surface area contributed by atoms with Crippen LogP contribution in [0.3, 0.4) is 0 Å². The van der Waals surface area contributed by atoms with Crippen molar-refractivity contribution in [2.24, 2.45) is 5.92 Å². The van der Waals surface area contributed by atoms with E-state index in [1.165, 1.54) is 0 Å². The van der Waals surface area contributed by atoms with Crippen molar-refractivity contribution in [2.75, 3.05) is 0 Å². The van der Waals surface area contributed by atoms with Crippen LogP contribution in [0.5, 0.6) is 0 Å². The van der Waals surface area contributed by atoms with Gasteiger partial charge in [-0.3, -0.25) is 4.79 Å². The summed E-state index contributed by atoms with van der Waals surface area (Å²) in [7, 11) is 0. The third-order valence-corrected chi connectivity index (χ3v) is 3.75. The molecule has 0 spiro atoms. The van der Waals surface area contributed by atoms with E-state index < -0.39 is 0 Å². The maximum Gasteiger partial charge on any atom is 0.311 e. The van der Waals surface area contributed by atoms with Crippen LogP contribution in [0.4, 0.5) is 0 Å². The first kappa shape index (κ1) is 14.1. The minimum atomic E-state index is -0.211. The SMILES string of the molecule is CC1(C)CC(C(=O)OCc2ccccc2)C(C)(C)N1. The molecule has 1 aliphatic rings. The fourth-order valence-electron chi connectivity index (χ4n) is 2.98. The predicted molar refractivity (Wildman–Crippen MR) is 75.6 cm³/mol. The van der Waals surface area contributed by atoms with Crippen molar-refractivity contribution < 1.29 is 9.53 Å². The Morgan fingerprint density at radius 2 is 1.89 bits per heavy atom. The number of nitrogens with one attached hydrogen (secondary N) is 1. The van der Waals surface area contributed by atoms with Crippen LogP contribution in [0.15, 0.2) is 30.3 Å². The number of carbonyl (C=O) groups excluding carboxylic acids is 1. The Morgan fingerprint density at radius 3 is 2.42 bits per heavy atom. The second kappa shape index (κ2) is 4.97. The first-order valence-electron chi connectivity index (χ1n) is 6.80. The molecule has 1 atom stereocenters. The maximum atomic E-state index is 12.3. The molecule has 0 aromatic heterocycles. The van der Waals surface area contributed by atoms with Crippen LogP contribution in [0.25, 0.3) is 0 Å². The molecule has 104 valence electrons. The highest BCUT2D eigenvalue weighted by Gasteiger charge is 2.48. The number of hydrogen-bond acceptors (Lipinski definition) is 3. The summed E-state index contributed by atoms with van der Waals surface area (Å²) >= 11 is 0. The first-order valence-corrected chi connectivity index (χ1v) is 6.80. The highest BCUT2D eigenvalue weighted by atomic mass is 16.5. The Hall–Kier alpha value is -1.35. The number of ether oxygens (including phenoxy) is 1. The van der Waals surface area contributed by atoms with Gasteiger partial charge in [-0.1, -0.05) is 30.3 Å². The van der Waals surface area contributed by atoms with Crippen molar-refractivity contribution in [1.29, 1.82) is 0 Å². The van der Waals surface area contributed by atoms with E-state index in [1.54, 1.807) is 0 Å². The average Bonchev–Trinajstić information content (AvgIpc) is 2.56. The highest BCUT2D eigenvalue weighted by molar-refractivity contribution is 5.74. The molecule has 2 rings (SSSR count). The monoisotopic (exact) mass is 261 g/mol. The van der Waals surface area contributed by atoms with Gasteiger partial charge in [0.2, 0.25) is 0 Å². The molecule has 1 saturated heterocycles. The largest absolute Gasteiger partial charge is 0.461 e. The molecular formula is C16H23NO2. The fourth-order valence-corrected chi connectivity index (χ4v) is 2.98. The van der Waals surface area contributed by atoms with E-state index in [2.05, 4.69) is 33.0 Å². The summed E-state index contributed by atoms with van der Waals surface area (Å²) in [6.45, 7) is 8.73. The molecule has 1 N–H and O–H groups in total. The maximum absolute atomic E-state index is 12.3. The second-order valence-electron chi connectivity index (χ2n) is 6.58. The molecule has 3 nitrogen and oxygen atoms in total. The van der Waals surface area contributed by atoms with Crippen molar-refractivity contribution in [2.45, 2.75) is 51.8 Å². The minimum Gasteiger partial charge on any atom is -0.461 e. The summed E-state index contributed by atoms with van der Waals surface area (Å²) in [5.41, 5.74) is 0.802. The average molecular weight is 261 g/mol. The topological polar surface area (TPSA) is 38.3 Å². The second-order valence-corrected chi connectivity index (χ2v) is 6.58. The quantitative estimate of drug-likeness (QED) is 0.850. The van der Waals surface area contributed by atoms with Gasteiger partial charge >= 0.3 is 5.97 Å². The lowest BCUT2D eigenvalue weighted by Crippen LogP contribution is -2.46. The van der Waals surface area contributed by atoms with Crippen LogP contribution < -0.4 is 5.32 Å². The molecular weight excluding hydrogens is 238 g/mol. The lowest BCUT2D eigenvalue weighted by Gasteiger charge is -2.27. The lowest BCUT2D eigenvalue weighted by molar-refractivity contribution is -0.151. The van der Waals surface area contributed by atoms with E-state index in [4.69, 9.17) is 4.74 Å². The van der Waals surface area contributed by atoms with Gasteiger partial charge in [-0.05, 0) is 39.7 Å². The van der Waals surface area contributed by atoms with E-state index in [0.29, 0.717) is 6.61 Å². The summed E-state index contributed by atoms with van der Waals surface area (Å²) < 4.78 is 5.46. The van der Waals surface area contributed by atoms with Gasteiger partial charge in [0.05, 0.1) is 5.92 Å². The van der Waals surface area contributed by atoms with Crippen LogP contribution in [0.1, 0.15) is 39.7 Å². The zero-order valence-electron chi connectivity index (χ0n) is 12.2. The van der Waals surface area contributed by atoms with E-state index in [9.17, 15) is 4.79 Å². The normalized spacial score (nSPS) is 24.1. The van der Waals surface area contributed by atoms with E-state index in [-0.39, 0.29) is 23.0 Å². The number of hydrogen-bond donors (Lipinski definition) is 1. The zero-order valence-corrected chi connectivity index (χ0v) is 12.2. The van der Waals surface area contributed by atoms with Crippen LogP contribution >= 0.6 is 0 Å². The Labute approximate surface area is 115 Å². The van der Waals surface area contributed by atoms with Crippen LogP contribution in [-0.4, -0.2) is 17.0 Å². The van der Waals surface area contributed by atoms with Crippen LogP contribution in [0.2, 0.25) is 0 Å². The molecule has 1 fully saturated rings. The predicted octanol–water partition coefficient (Wildman–Crippen LogP) is 2.90. The summed E-state index contributed by atoms with van der Waals surface area (Å²) in [6.07, 6.45) is 0.813. The van der Waals surface area contributed by atoms with Gasteiger partial charge in [-0.2, -0.15) is 0 Å². The molecule has 1 aliphatic heterocycles. The summed E-state index contributed by atoms with van der Waals surface area (Å²) in [5.74, 6) is -0.196. The number of esters is 1.